The molecule has 20 heavy (non-hydrogen) atoms. The highest BCUT2D eigenvalue weighted by Gasteiger charge is 2.28. The van der Waals surface area contributed by atoms with Crippen LogP contribution in [0.15, 0.2) is 12.3 Å². The van der Waals surface area contributed by atoms with Gasteiger partial charge in [0, 0.05) is 26.3 Å². The number of amides is 1. The molecule has 0 saturated carbocycles. The highest BCUT2D eigenvalue weighted by Crippen LogP contribution is 2.22. The third-order valence-corrected chi connectivity index (χ3v) is 2.82. The zero-order chi connectivity index (χ0) is 15.3. The van der Waals surface area contributed by atoms with Crippen molar-refractivity contribution < 1.29 is 18.0 Å². The lowest BCUT2D eigenvalue weighted by Crippen LogP contribution is -2.30. The van der Waals surface area contributed by atoms with Crippen LogP contribution in [0, 0.1) is 0 Å². The Morgan fingerprint density at radius 1 is 1.50 bits per heavy atom. The summed E-state index contributed by atoms with van der Waals surface area (Å²) >= 11 is 5.87. The standard InChI is InChI=1S/C12H15ClF3N3O/c1-3-17-10-6-8(9(13)7-18-10)11(20)19(2)5-4-12(14,15)16/h6-7H,3-5H2,1-2H3,(H,17,18). The van der Waals surface area contributed by atoms with Gasteiger partial charge in [0.1, 0.15) is 5.82 Å². The van der Waals surface area contributed by atoms with Gasteiger partial charge in [-0.1, -0.05) is 11.6 Å². The van der Waals surface area contributed by atoms with Crippen LogP contribution in [0.25, 0.3) is 0 Å². The number of aromatic nitrogens is 1. The van der Waals surface area contributed by atoms with Crippen LogP contribution in [0.1, 0.15) is 23.7 Å². The molecular formula is C12H15ClF3N3O. The zero-order valence-electron chi connectivity index (χ0n) is 11.1. The number of halogens is 4. The number of nitrogens with zero attached hydrogens (tertiary/aromatic N) is 2. The molecule has 0 bridgehead atoms. The molecule has 0 aliphatic carbocycles. The van der Waals surface area contributed by atoms with Crippen LogP contribution in [0.3, 0.4) is 0 Å². The van der Waals surface area contributed by atoms with E-state index in [4.69, 9.17) is 11.6 Å². The first kappa shape index (κ1) is 16.6. The minimum absolute atomic E-state index is 0.107. The molecule has 0 aliphatic heterocycles. The number of carbonyl (C=O) groups excluding carboxylic acids is 1. The van der Waals surface area contributed by atoms with Crippen molar-refractivity contribution in [2.45, 2.75) is 19.5 Å². The van der Waals surface area contributed by atoms with E-state index < -0.39 is 25.0 Å². The number of carbonyl (C=O) groups is 1. The maximum absolute atomic E-state index is 12.1. The number of pyridine rings is 1. The van der Waals surface area contributed by atoms with E-state index in [1.165, 1.54) is 19.3 Å². The zero-order valence-corrected chi connectivity index (χ0v) is 11.8. The largest absolute Gasteiger partial charge is 0.390 e. The number of nitrogens with one attached hydrogen (secondary N) is 1. The Morgan fingerprint density at radius 2 is 2.15 bits per heavy atom. The summed E-state index contributed by atoms with van der Waals surface area (Å²) in [5, 5.41) is 3.01. The van der Waals surface area contributed by atoms with E-state index in [0.717, 1.165) is 4.90 Å². The molecule has 0 unspecified atom stereocenters. The van der Waals surface area contributed by atoms with Crippen LogP contribution in [0.5, 0.6) is 0 Å². The fraction of sp³-hybridized carbons (Fsp3) is 0.500. The maximum Gasteiger partial charge on any atom is 0.390 e. The lowest BCUT2D eigenvalue weighted by molar-refractivity contribution is -0.136. The molecule has 0 radical (unpaired) electrons. The van der Waals surface area contributed by atoms with Crippen LogP contribution in [0.4, 0.5) is 19.0 Å². The van der Waals surface area contributed by atoms with Crippen LogP contribution < -0.4 is 5.32 Å². The van der Waals surface area contributed by atoms with Crippen molar-refractivity contribution in [2.75, 3.05) is 25.5 Å². The first-order chi connectivity index (χ1) is 9.24. The van der Waals surface area contributed by atoms with E-state index in [0.29, 0.717) is 12.4 Å². The Kier molecular flexibility index (Phi) is 5.62. The molecule has 0 aliphatic rings. The quantitative estimate of drug-likeness (QED) is 0.908. The molecule has 1 rings (SSSR count). The summed E-state index contributed by atoms with van der Waals surface area (Å²) in [6.07, 6.45) is -4.06. The highest BCUT2D eigenvalue weighted by atomic mass is 35.5. The van der Waals surface area contributed by atoms with Crippen LogP contribution in [-0.4, -0.2) is 42.1 Å². The molecule has 0 fully saturated rings. The number of hydrogen-bond acceptors (Lipinski definition) is 3. The normalized spacial score (nSPS) is 11.3. The van der Waals surface area contributed by atoms with Gasteiger partial charge in [0.05, 0.1) is 17.0 Å². The Labute approximate surface area is 119 Å². The second-order valence-corrected chi connectivity index (χ2v) is 4.58. The van der Waals surface area contributed by atoms with Gasteiger partial charge >= 0.3 is 6.18 Å². The van der Waals surface area contributed by atoms with Gasteiger partial charge in [0.15, 0.2) is 0 Å². The van der Waals surface area contributed by atoms with Crippen LogP contribution in [-0.2, 0) is 0 Å². The molecule has 1 heterocycles. The molecule has 0 atom stereocenters. The number of alkyl halides is 3. The second kappa shape index (κ2) is 6.78. The van der Waals surface area contributed by atoms with Gasteiger partial charge < -0.3 is 10.2 Å². The number of anilines is 1. The van der Waals surface area contributed by atoms with E-state index in [1.807, 2.05) is 6.92 Å². The summed E-state index contributed by atoms with van der Waals surface area (Å²) in [5.41, 5.74) is 0.127. The lowest BCUT2D eigenvalue weighted by Gasteiger charge is -2.19. The fourth-order valence-electron chi connectivity index (χ4n) is 1.48. The van der Waals surface area contributed by atoms with Gasteiger partial charge in [-0.2, -0.15) is 13.2 Å². The van der Waals surface area contributed by atoms with E-state index in [9.17, 15) is 18.0 Å². The predicted octanol–water partition coefficient (Wildman–Crippen LogP) is 3.19. The van der Waals surface area contributed by atoms with Crippen LogP contribution >= 0.6 is 11.6 Å². The summed E-state index contributed by atoms with van der Waals surface area (Å²) in [5.74, 6) is -0.120. The first-order valence-corrected chi connectivity index (χ1v) is 6.34. The molecule has 0 saturated heterocycles. The maximum atomic E-state index is 12.1. The van der Waals surface area contributed by atoms with Crippen molar-refractivity contribution in [3.05, 3.63) is 22.8 Å². The van der Waals surface area contributed by atoms with Crippen molar-refractivity contribution in [3.63, 3.8) is 0 Å². The highest BCUT2D eigenvalue weighted by molar-refractivity contribution is 6.33. The third kappa shape index (κ3) is 4.88. The first-order valence-electron chi connectivity index (χ1n) is 5.96. The summed E-state index contributed by atoms with van der Waals surface area (Å²) in [6, 6.07) is 1.43. The van der Waals surface area contributed by atoms with E-state index in [-0.39, 0.29) is 10.6 Å². The van der Waals surface area contributed by atoms with Crippen molar-refractivity contribution in [2.24, 2.45) is 0 Å². The van der Waals surface area contributed by atoms with Crippen LogP contribution in [0.2, 0.25) is 5.02 Å². The molecule has 0 aromatic carbocycles. The summed E-state index contributed by atoms with van der Waals surface area (Å²) in [6.45, 7) is 2.04. The SMILES string of the molecule is CCNc1cc(C(=O)N(C)CCC(F)(F)F)c(Cl)cn1. The van der Waals surface area contributed by atoms with Gasteiger partial charge in [0.25, 0.3) is 5.91 Å². The number of rotatable bonds is 5. The van der Waals surface area contributed by atoms with Gasteiger partial charge in [-0.05, 0) is 13.0 Å². The van der Waals surface area contributed by atoms with E-state index in [2.05, 4.69) is 10.3 Å². The average molecular weight is 310 g/mol. The van der Waals surface area contributed by atoms with E-state index in [1.54, 1.807) is 0 Å². The Hall–Kier alpha value is -1.50. The van der Waals surface area contributed by atoms with Crippen molar-refractivity contribution >= 4 is 23.3 Å². The second-order valence-electron chi connectivity index (χ2n) is 4.17. The molecule has 8 heteroatoms. The van der Waals surface area contributed by atoms with Crippen molar-refractivity contribution in [3.8, 4) is 0 Å². The average Bonchev–Trinajstić information content (AvgIpc) is 2.37. The minimum Gasteiger partial charge on any atom is -0.370 e. The molecule has 1 aromatic heterocycles. The number of hydrogen-bond donors (Lipinski definition) is 1. The Bertz CT molecular complexity index is 480. The Morgan fingerprint density at radius 3 is 2.70 bits per heavy atom. The summed E-state index contributed by atoms with van der Waals surface area (Å²) < 4.78 is 36.4. The lowest BCUT2D eigenvalue weighted by atomic mass is 10.2. The molecule has 112 valence electrons. The van der Waals surface area contributed by atoms with E-state index >= 15 is 0 Å². The van der Waals surface area contributed by atoms with Gasteiger partial charge in [-0.25, -0.2) is 4.98 Å². The Balaban J connectivity index is 2.82. The van der Waals surface area contributed by atoms with Crippen molar-refractivity contribution in [1.29, 1.82) is 0 Å². The molecule has 1 aromatic rings. The van der Waals surface area contributed by atoms with Gasteiger partial charge in [-0.3, -0.25) is 4.79 Å². The molecule has 4 nitrogen and oxygen atoms in total. The smallest absolute Gasteiger partial charge is 0.370 e. The van der Waals surface area contributed by atoms with Gasteiger partial charge in [0.2, 0.25) is 0 Å². The van der Waals surface area contributed by atoms with Gasteiger partial charge in [-0.15, -0.1) is 0 Å². The molecular weight excluding hydrogens is 295 g/mol. The fourth-order valence-corrected chi connectivity index (χ4v) is 1.67. The molecule has 1 amide bonds. The topological polar surface area (TPSA) is 45.2 Å². The van der Waals surface area contributed by atoms with Crippen molar-refractivity contribution in [1.82, 2.24) is 9.88 Å². The molecule has 0 spiro atoms. The predicted molar refractivity (Wildman–Crippen MR) is 71.0 cm³/mol. The minimum atomic E-state index is -4.30. The summed E-state index contributed by atoms with van der Waals surface area (Å²) in [7, 11) is 1.30. The molecule has 1 N–H and O–H groups in total. The monoisotopic (exact) mass is 309 g/mol. The third-order valence-electron chi connectivity index (χ3n) is 2.52. The summed E-state index contributed by atoms with van der Waals surface area (Å²) in [4.78, 5) is 17.0.